The normalized spacial score (nSPS) is 15.0. The molecule has 1 unspecified atom stereocenters. The maximum Gasteiger partial charge on any atom is 0.323 e. The van der Waals surface area contributed by atoms with Crippen LogP contribution in [0.15, 0.2) is 84.3 Å². The molecule has 0 saturated carbocycles. The lowest BCUT2D eigenvalue weighted by Crippen LogP contribution is -2.26. The number of rotatable bonds is 6. The largest absolute Gasteiger partial charge is 0.495 e. The molecule has 0 aliphatic carbocycles. The second-order valence-corrected chi connectivity index (χ2v) is 7.31. The number of pyridine rings is 1. The minimum atomic E-state index is -0.840. The summed E-state index contributed by atoms with van der Waals surface area (Å²) in [6, 6.07) is 14.2. The first-order valence-corrected chi connectivity index (χ1v) is 10.2. The molecule has 2 N–H and O–H groups in total. The van der Waals surface area contributed by atoms with Crippen LogP contribution in [0.1, 0.15) is 17.0 Å². The van der Waals surface area contributed by atoms with Crippen LogP contribution >= 0.6 is 0 Å². The van der Waals surface area contributed by atoms with E-state index in [0.717, 1.165) is 5.56 Å². The summed E-state index contributed by atoms with van der Waals surface area (Å²) in [6.07, 6.45) is 6.66. The summed E-state index contributed by atoms with van der Waals surface area (Å²) < 4.78 is 19.9. The van der Waals surface area contributed by atoms with E-state index < -0.39 is 17.8 Å². The summed E-state index contributed by atoms with van der Waals surface area (Å²) in [5, 5.41) is 5.36. The number of carbonyl (C=O) groups is 2. The number of allylic oxidation sites excluding steroid dienone is 1. The number of nitrogens with one attached hydrogen (secondary N) is 2. The molecule has 2 heterocycles. The zero-order valence-corrected chi connectivity index (χ0v) is 17.8. The van der Waals surface area contributed by atoms with Crippen molar-refractivity contribution < 1.29 is 18.7 Å². The van der Waals surface area contributed by atoms with Gasteiger partial charge in [0, 0.05) is 36.3 Å². The van der Waals surface area contributed by atoms with Crippen LogP contribution in [0.5, 0.6) is 5.75 Å². The quantitative estimate of drug-likeness (QED) is 0.575. The van der Waals surface area contributed by atoms with Crippen molar-refractivity contribution in [1.82, 2.24) is 4.98 Å². The van der Waals surface area contributed by atoms with E-state index in [2.05, 4.69) is 20.6 Å². The second kappa shape index (κ2) is 9.86. The van der Waals surface area contributed by atoms with Gasteiger partial charge in [0.1, 0.15) is 11.6 Å². The number of amides is 2. The summed E-state index contributed by atoms with van der Waals surface area (Å²) in [6.45, 7) is 0. The SMILES string of the molecule is COc1ccccc1NC(=O)Nc1ccc(F)c(C2C=CN=C(Cc3cccnc3)C2=O)c1. The molecular weight excluding hydrogens is 423 g/mol. The summed E-state index contributed by atoms with van der Waals surface area (Å²) in [7, 11) is 1.51. The average molecular weight is 444 g/mol. The molecule has 0 spiro atoms. The molecule has 4 rings (SSSR count). The first-order chi connectivity index (χ1) is 16.0. The van der Waals surface area contributed by atoms with Crippen molar-refractivity contribution in [3.8, 4) is 5.75 Å². The number of benzene rings is 2. The van der Waals surface area contributed by atoms with Crippen molar-refractivity contribution in [2.45, 2.75) is 12.3 Å². The Kier molecular flexibility index (Phi) is 6.54. The third kappa shape index (κ3) is 5.12. The van der Waals surface area contributed by atoms with Gasteiger partial charge in [0.15, 0.2) is 5.78 Å². The van der Waals surface area contributed by atoms with Crippen LogP contribution in [0.2, 0.25) is 0 Å². The number of hydrogen-bond donors (Lipinski definition) is 2. The van der Waals surface area contributed by atoms with Crippen LogP contribution in [-0.2, 0) is 11.2 Å². The monoisotopic (exact) mass is 444 g/mol. The number of halogens is 1. The molecule has 3 aromatic rings. The van der Waals surface area contributed by atoms with Crippen molar-refractivity contribution in [3.05, 3.63) is 96.2 Å². The summed E-state index contributed by atoms with van der Waals surface area (Å²) in [5.74, 6) is -1.17. The lowest BCUT2D eigenvalue weighted by atomic mass is 9.88. The molecule has 166 valence electrons. The third-order valence-electron chi connectivity index (χ3n) is 5.11. The molecular formula is C25H21FN4O3. The highest BCUT2D eigenvalue weighted by atomic mass is 19.1. The molecule has 0 fully saturated rings. The maximum atomic E-state index is 14.7. The highest BCUT2D eigenvalue weighted by Gasteiger charge is 2.28. The Morgan fingerprint density at radius 2 is 1.97 bits per heavy atom. The van der Waals surface area contributed by atoms with E-state index in [-0.39, 0.29) is 11.3 Å². The predicted molar refractivity (Wildman–Crippen MR) is 124 cm³/mol. The van der Waals surface area contributed by atoms with Gasteiger partial charge in [0.25, 0.3) is 0 Å². The fraction of sp³-hybridized carbons (Fsp3) is 0.120. The minimum Gasteiger partial charge on any atom is -0.495 e. The van der Waals surface area contributed by atoms with Crippen molar-refractivity contribution in [3.63, 3.8) is 0 Å². The van der Waals surface area contributed by atoms with E-state index in [4.69, 9.17) is 4.74 Å². The zero-order chi connectivity index (χ0) is 23.2. The van der Waals surface area contributed by atoms with Gasteiger partial charge in [-0.25, -0.2) is 9.18 Å². The third-order valence-corrected chi connectivity index (χ3v) is 5.11. The van der Waals surface area contributed by atoms with Gasteiger partial charge in [0.05, 0.1) is 24.4 Å². The molecule has 1 aliphatic heterocycles. The number of aromatic nitrogens is 1. The number of ketones is 1. The molecule has 1 aromatic heterocycles. The molecule has 2 aromatic carbocycles. The van der Waals surface area contributed by atoms with Gasteiger partial charge in [-0.1, -0.05) is 24.3 Å². The molecule has 7 nitrogen and oxygen atoms in total. The highest BCUT2D eigenvalue weighted by Crippen LogP contribution is 2.28. The molecule has 0 radical (unpaired) electrons. The second-order valence-electron chi connectivity index (χ2n) is 7.31. The van der Waals surface area contributed by atoms with Crippen LogP contribution in [0.25, 0.3) is 0 Å². The van der Waals surface area contributed by atoms with E-state index in [0.29, 0.717) is 29.3 Å². The van der Waals surface area contributed by atoms with Gasteiger partial charge in [-0.05, 0) is 42.0 Å². The summed E-state index contributed by atoms with van der Waals surface area (Å²) in [5.41, 5.74) is 2.15. The summed E-state index contributed by atoms with van der Waals surface area (Å²) in [4.78, 5) is 33.7. The fourth-order valence-electron chi connectivity index (χ4n) is 3.52. The van der Waals surface area contributed by atoms with E-state index in [9.17, 15) is 14.0 Å². The van der Waals surface area contributed by atoms with Crippen molar-refractivity contribution in [2.75, 3.05) is 17.7 Å². The van der Waals surface area contributed by atoms with E-state index in [1.165, 1.54) is 31.5 Å². The van der Waals surface area contributed by atoms with Crippen LogP contribution < -0.4 is 15.4 Å². The Morgan fingerprint density at radius 3 is 2.76 bits per heavy atom. The Labute approximate surface area is 190 Å². The number of methoxy groups -OCH3 is 1. The number of hydrogen-bond acceptors (Lipinski definition) is 5. The highest BCUT2D eigenvalue weighted by molar-refractivity contribution is 6.43. The van der Waals surface area contributed by atoms with E-state index in [1.54, 1.807) is 48.8 Å². The number of nitrogens with zero attached hydrogens (tertiary/aromatic N) is 2. The van der Waals surface area contributed by atoms with Gasteiger partial charge in [-0.3, -0.25) is 14.8 Å². The Morgan fingerprint density at radius 1 is 1.12 bits per heavy atom. The number of urea groups is 1. The van der Waals surface area contributed by atoms with Crippen molar-refractivity contribution in [1.29, 1.82) is 0 Å². The lowest BCUT2D eigenvalue weighted by Gasteiger charge is -2.18. The lowest BCUT2D eigenvalue weighted by molar-refractivity contribution is -0.113. The van der Waals surface area contributed by atoms with Gasteiger partial charge < -0.3 is 15.4 Å². The first kappa shape index (κ1) is 21.9. The van der Waals surface area contributed by atoms with Gasteiger partial charge >= 0.3 is 6.03 Å². The van der Waals surface area contributed by atoms with Gasteiger partial charge in [0.2, 0.25) is 0 Å². The molecule has 1 atom stereocenters. The van der Waals surface area contributed by atoms with E-state index >= 15 is 0 Å². The molecule has 0 bridgehead atoms. The van der Waals surface area contributed by atoms with Crippen LogP contribution in [0, 0.1) is 5.82 Å². The fourth-order valence-corrected chi connectivity index (χ4v) is 3.52. The summed E-state index contributed by atoms with van der Waals surface area (Å²) >= 11 is 0. The number of para-hydroxylation sites is 2. The van der Waals surface area contributed by atoms with Crippen LogP contribution in [-0.4, -0.2) is 29.6 Å². The smallest absolute Gasteiger partial charge is 0.323 e. The zero-order valence-electron chi connectivity index (χ0n) is 17.8. The topological polar surface area (TPSA) is 92.7 Å². The number of aliphatic imine (C=N–C) groups is 1. The first-order valence-electron chi connectivity index (χ1n) is 10.2. The van der Waals surface area contributed by atoms with Crippen molar-refractivity contribution >= 4 is 28.9 Å². The standard InChI is InChI=1S/C25H21FN4O3/c1-33-23-7-3-2-6-21(23)30-25(32)29-17-8-9-20(26)19(14-17)18-10-12-28-22(24(18)31)13-16-5-4-11-27-15-16/h2-12,14-15,18H,13H2,1H3,(H2,29,30,32). The average Bonchev–Trinajstić information content (AvgIpc) is 2.83. The molecule has 0 saturated heterocycles. The molecule has 1 aliphatic rings. The number of anilines is 2. The van der Waals surface area contributed by atoms with E-state index in [1.807, 2.05) is 6.07 Å². The van der Waals surface area contributed by atoms with Gasteiger partial charge in [-0.2, -0.15) is 0 Å². The van der Waals surface area contributed by atoms with Crippen LogP contribution in [0.3, 0.4) is 0 Å². The van der Waals surface area contributed by atoms with Crippen LogP contribution in [0.4, 0.5) is 20.6 Å². The van der Waals surface area contributed by atoms with Gasteiger partial charge in [-0.15, -0.1) is 0 Å². The maximum absolute atomic E-state index is 14.7. The van der Waals surface area contributed by atoms with Crippen molar-refractivity contribution in [2.24, 2.45) is 4.99 Å². The number of ether oxygens (including phenoxy) is 1. The number of carbonyl (C=O) groups excluding carboxylic acids is 2. The molecule has 2 amide bonds. The Balaban J connectivity index is 1.50. The Hall–Kier alpha value is -4.33. The molecule has 8 heteroatoms. The predicted octanol–water partition coefficient (Wildman–Crippen LogP) is 4.74. The number of Topliss-reactive ketones (excluding diaryl/α,β-unsaturated/α-hetero) is 1. The Bertz CT molecular complexity index is 1240. The molecule has 33 heavy (non-hydrogen) atoms. The minimum absolute atomic E-state index is 0.157.